The molecule has 25 heavy (non-hydrogen) atoms. The summed E-state index contributed by atoms with van der Waals surface area (Å²) in [5.74, 6) is 1.27. The summed E-state index contributed by atoms with van der Waals surface area (Å²) in [5.41, 5.74) is 0.946. The van der Waals surface area contributed by atoms with E-state index in [4.69, 9.17) is 9.47 Å². The maximum absolute atomic E-state index is 12.4. The lowest BCUT2D eigenvalue weighted by Gasteiger charge is -2.19. The fraction of sp³-hybridized carbons (Fsp3) is 0.389. The van der Waals surface area contributed by atoms with Gasteiger partial charge in [-0.05, 0) is 44.5 Å². The first-order valence-electron chi connectivity index (χ1n) is 8.10. The molecule has 1 heterocycles. The maximum atomic E-state index is 12.4. The van der Waals surface area contributed by atoms with Gasteiger partial charge >= 0.3 is 0 Å². The van der Waals surface area contributed by atoms with Crippen molar-refractivity contribution >= 4 is 17.7 Å². The van der Waals surface area contributed by atoms with Crippen molar-refractivity contribution in [2.24, 2.45) is 0 Å². The number of benzene rings is 1. The van der Waals surface area contributed by atoms with Gasteiger partial charge in [-0.2, -0.15) is 0 Å². The van der Waals surface area contributed by atoms with Crippen LogP contribution in [0.1, 0.15) is 32.4 Å². The van der Waals surface area contributed by atoms with Crippen LogP contribution in [0.15, 0.2) is 41.8 Å². The fourth-order valence-corrected chi connectivity index (χ4v) is 2.93. The minimum atomic E-state index is -0.297. The minimum Gasteiger partial charge on any atom is -0.493 e. The number of amides is 1. The summed E-state index contributed by atoms with van der Waals surface area (Å²) in [7, 11) is 1.60. The molecule has 134 valence electrons. The molecular weight excluding hydrogens is 338 g/mol. The van der Waals surface area contributed by atoms with Gasteiger partial charge in [0.1, 0.15) is 0 Å². The highest BCUT2D eigenvalue weighted by molar-refractivity contribution is 8.00. The number of hydrogen-bond acceptors (Lipinski definition) is 6. The van der Waals surface area contributed by atoms with E-state index in [1.807, 2.05) is 39.0 Å². The largest absolute Gasteiger partial charge is 0.493 e. The van der Waals surface area contributed by atoms with Crippen LogP contribution in [0, 0.1) is 0 Å². The van der Waals surface area contributed by atoms with Gasteiger partial charge in [-0.1, -0.05) is 17.8 Å². The van der Waals surface area contributed by atoms with Crippen molar-refractivity contribution in [3.8, 4) is 11.5 Å². The standard InChI is InChI=1S/C18H23N3O3S/c1-5-24-15-8-7-14(11-16(15)23-4)12(2)21-17(22)13(3)25-18-19-9-6-10-20-18/h6-13H,5H2,1-4H3,(H,21,22)/t12-,13-/m1/s1. The van der Waals surface area contributed by atoms with Crippen LogP contribution in [0.25, 0.3) is 0 Å². The second-order valence-corrected chi connectivity index (χ2v) is 6.67. The predicted molar refractivity (Wildman–Crippen MR) is 98.1 cm³/mol. The molecular formula is C18H23N3O3S. The Morgan fingerprint density at radius 1 is 1.24 bits per heavy atom. The second-order valence-electron chi connectivity index (χ2n) is 5.37. The molecule has 0 fully saturated rings. The number of methoxy groups -OCH3 is 1. The van der Waals surface area contributed by atoms with E-state index in [9.17, 15) is 4.79 Å². The summed E-state index contributed by atoms with van der Waals surface area (Å²) in [6, 6.07) is 7.26. The normalized spacial score (nSPS) is 13.0. The quantitative estimate of drug-likeness (QED) is 0.575. The molecule has 0 radical (unpaired) electrons. The van der Waals surface area contributed by atoms with Gasteiger partial charge in [0, 0.05) is 12.4 Å². The van der Waals surface area contributed by atoms with E-state index in [-0.39, 0.29) is 17.2 Å². The number of hydrogen-bond donors (Lipinski definition) is 1. The molecule has 2 aromatic rings. The summed E-state index contributed by atoms with van der Waals surface area (Å²) < 4.78 is 10.9. The number of ether oxygens (including phenoxy) is 2. The fourth-order valence-electron chi connectivity index (χ4n) is 2.20. The topological polar surface area (TPSA) is 73.3 Å². The van der Waals surface area contributed by atoms with Crippen molar-refractivity contribution in [1.29, 1.82) is 0 Å². The summed E-state index contributed by atoms with van der Waals surface area (Å²) in [4.78, 5) is 20.7. The Bertz CT molecular complexity index is 697. The molecule has 7 heteroatoms. The molecule has 1 N–H and O–H groups in total. The van der Waals surface area contributed by atoms with Crippen LogP contribution >= 0.6 is 11.8 Å². The number of carbonyl (C=O) groups excluding carboxylic acids is 1. The van der Waals surface area contributed by atoms with Gasteiger partial charge in [0.2, 0.25) is 5.91 Å². The molecule has 0 bridgehead atoms. The molecule has 0 aliphatic carbocycles. The predicted octanol–water partition coefficient (Wildman–Crippen LogP) is 3.24. The van der Waals surface area contributed by atoms with E-state index < -0.39 is 0 Å². The van der Waals surface area contributed by atoms with Crippen LogP contribution in [-0.2, 0) is 4.79 Å². The van der Waals surface area contributed by atoms with Gasteiger partial charge in [-0.3, -0.25) is 4.79 Å². The van der Waals surface area contributed by atoms with Crippen LogP contribution in [-0.4, -0.2) is 34.8 Å². The first-order chi connectivity index (χ1) is 12.0. The molecule has 2 atom stereocenters. The second kappa shape index (κ2) is 9.27. The average Bonchev–Trinajstić information content (AvgIpc) is 2.63. The first kappa shape index (κ1) is 19.1. The Kier molecular flexibility index (Phi) is 7.06. The van der Waals surface area contributed by atoms with E-state index in [1.165, 1.54) is 11.8 Å². The molecule has 0 saturated heterocycles. The van der Waals surface area contributed by atoms with E-state index >= 15 is 0 Å². The van der Waals surface area contributed by atoms with Gasteiger partial charge < -0.3 is 14.8 Å². The highest BCUT2D eigenvalue weighted by Gasteiger charge is 2.19. The SMILES string of the molecule is CCOc1ccc([C@@H](C)NC(=O)[C@@H](C)Sc2ncccn2)cc1OC. The molecule has 0 aliphatic heterocycles. The number of nitrogens with zero attached hydrogens (tertiary/aromatic N) is 2. The smallest absolute Gasteiger partial charge is 0.233 e. The molecule has 1 amide bonds. The summed E-state index contributed by atoms with van der Waals surface area (Å²) in [5, 5.41) is 3.29. The van der Waals surface area contributed by atoms with Crippen LogP contribution in [0.3, 0.4) is 0 Å². The Balaban J connectivity index is 2.00. The molecule has 0 saturated carbocycles. The van der Waals surface area contributed by atoms with E-state index in [0.29, 0.717) is 23.3 Å². The van der Waals surface area contributed by atoms with Gasteiger partial charge in [0.05, 0.1) is 25.0 Å². The number of carbonyl (C=O) groups is 1. The van der Waals surface area contributed by atoms with Gasteiger partial charge in [-0.25, -0.2) is 9.97 Å². The lowest BCUT2D eigenvalue weighted by Crippen LogP contribution is -2.33. The van der Waals surface area contributed by atoms with Crippen LogP contribution < -0.4 is 14.8 Å². The summed E-state index contributed by atoms with van der Waals surface area (Å²) in [6.07, 6.45) is 3.32. The van der Waals surface area contributed by atoms with Crippen LogP contribution in [0.2, 0.25) is 0 Å². The zero-order chi connectivity index (χ0) is 18.2. The first-order valence-corrected chi connectivity index (χ1v) is 8.97. The monoisotopic (exact) mass is 361 g/mol. The van der Waals surface area contributed by atoms with E-state index in [1.54, 1.807) is 25.6 Å². The Morgan fingerprint density at radius 2 is 1.96 bits per heavy atom. The third-order valence-electron chi connectivity index (χ3n) is 3.54. The van der Waals surface area contributed by atoms with E-state index in [2.05, 4.69) is 15.3 Å². The number of thioether (sulfide) groups is 1. The lowest BCUT2D eigenvalue weighted by atomic mass is 10.1. The molecule has 1 aromatic carbocycles. The Hall–Kier alpha value is -2.28. The van der Waals surface area contributed by atoms with Crippen molar-refractivity contribution in [1.82, 2.24) is 15.3 Å². The van der Waals surface area contributed by atoms with Crippen molar-refractivity contribution < 1.29 is 14.3 Å². The molecule has 1 aromatic heterocycles. The molecule has 0 unspecified atom stereocenters. The highest BCUT2D eigenvalue weighted by Crippen LogP contribution is 2.30. The molecule has 6 nitrogen and oxygen atoms in total. The van der Waals surface area contributed by atoms with Gasteiger partial charge in [0.25, 0.3) is 0 Å². The third-order valence-corrected chi connectivity index (χ3v) is 4.53. The summed E-state index contributed by atoms with van der Waals surface area (Å²) >= 11 is 1.33. The zero-order valence-electron chi connectivity index (χ0n) is 14.9. The summed E-state index contributed by atoms with van der Waals surface area (Å²) in [6.45, 7) is 6.26. The van der Waals surface area contributed by atoms with Crippen molar-refractivity contribution in [3.05, 3.63) is 42.2 Å². The number of nitrogens with one attached hydrogen (secondary N) is 1. The lowest BCUT2D eigenvalue weighted by molar-refractivity contribution is -0.120. The Morgan fingerprint density at radius 3 is 2.60 bits per heavy atom. The van der Waals surface area contributed by atoms with Gasteiger partial charge in [-0.15, -0.1) is 0 Å². The maximum Gasteiger partial charge on any atom is 0.233 e. The molecule has 2 rings (SSSR count). The average molecular weight is 361 g/mol. The van der Waals surface area contributed by atoms with Crippen LogP contribution in [0.4, 0.5) is 0 Å². The van der Waals surface area contributed by atoms with Crippen molar-refractivity contribution in [2.75, 3.05) is 13.7 Å². The van der Waals surface area contributed by atoms with E-state index in [0.717, 1.165) is 5.56 Å². The third kappa shape index (κ3) is 5.35. The highest BCUT2D eigenvalue weighted by atomic mass is 32.2. The van der Waals surface area contributed by atoms with Crippen molar-refractivity contribution in [2.45, 2.75) is 37.2 Å². The number of aromatic nitrogens is 2. The van der Waals surface area contributed by atoms with Crippen LogP contribution in [0.5, 0.6) is 11.5 Å². The zero-order valence-corrected chi connectivity index (χ0v) is 15.7. The number of rotatable bonds is 8. The van der Waals surface area contributed by atoms with Crippen molar-refractivity contribution in [3.63, 3.8) is 0 Å². The minimum absolute atomic E-state index is 0.0715. The molecule has 0 spiro atoms. The molecule has 0 aliphatic rings. The Labute approximate surface area is 152 Å². The van der Waals surface area contributed by atoms with Gasteiger partial charge in [0.15, 0.2) is 16.7 Å².